The second-order valence-electron chi connectivity index (χ2n) is 16.1. The largest absolute Gasteiger partial charge is 0.393 e. The number of benzene rings is 4. The summed E-state index contributed by atoms with van der Waals surface area (Å²) in [5.41, 5.74) is 6.80. The van der Waals surface area contributed by atoms with Crippen molar-refractivity contribution in [2.24, 2.45) is 11.3 Å². The maximum Gasteiger partial charge on any atom is 0.193 e. The smallest absolute Gasteiger partial charge is 0.193 e. The zero-order chi connectivity index (χ0) is 35.4. The van der Waals surface area contributed by atoms with Crippen LogP contribution in [0.15, 0.2) is 115 Å². The van der Waals surface area contributed by atoms with E-state index < -0.39 is 17.1 Å². The van der Waals surface area contributed by atoms with Crippen LogP contribution < -0.4 is 0 Å². The average Bonchev–Trinajstić information content (AvgIpc) is 3.40. The third-order valence-electron chi connectivity index (χ3n) is 12.7. The SMILES string of the molecule is CC1=CCCC2(C)C(CCC2(O)CN2CCC(Cc3ccccc3)CC2)c2ccc(cc2C(=O)c2ccccc2-c2ccccc2)CC(O)CC1. The predicted molar refractivity (Wildman–Crippen MR) is 208 cm³/mol. The number of allylic oxidation sites excluding steroid dienone is 2. The molecule has 1 saturated carbocycles. The molecule has 0 amide bonds. The molecule has 0 spiro atoms. The predicted octanol–water partition coefficient (Wildman–Crippen LogP) is 9.58. The van der Waals surface area contributed by atoms with Crippen molar-refractivity contribution in [3.63, 3.8) is 0 Å². The van der Waals surface area contributed by atoms with Gasteiger partial charge in [-0.05, 0) is 130 Å². The van der Waals surface area contributed by atoms with Gasteiger partial charge < -0.3 is 15.1 Å². The molecule has 1 aliphatic heterocycles. The summed E-state index contributed by atoms with van der Waals surface area (Å²) >= 11 is 0. The summed E-state index contributed by atoms with van der Waals surface area (Å²) in [6, 6.07) is 35.3. The van der Waals surface area contributed by atoms with Crippen LogP contribution in [0.2, 0.25) is 0 Å². The lowest BCUT2D eigenvalue weighted by molar-refractivity contribution is -0.0873. The summed E-state index contributed by atoms with van der Waals surface area (Å²) in [7, 11) is 0. The number of aliphatic hydroxyl groups is 2. The van der Waals surface area contributed by atoms with Crippen molar-refractivity contribution in [2.75, 3.05) is 19.6 Å². The van der Waals surface area contributed by atoms with Gasteiger partial charge in [0.15, 0.2) is 5.78 Å². The van der Waals surface area contributed by atoms with Gasteiger partial charge in [-0.2, -0.15) is 0 Å². The van der Waals surface area contributed by atoms with Gasteiger partial charge in [-0.3, -0.25) is 4.79 Å². The first kappa shape index (κ1) is 35.6. The molecule has 4 atom stereocenters. The van der Waals surface area contributed by atoms with Crippen molar-refractivity contribution in [2.45, 2.75) is 95.7 Å². The lowest BCUT2D eigenvalue weighted by Crippen LogP contribution is -2.53. The maximum absolute atomic E-state index is 14.9. The van der Waals surface area contributed by atoms with Crippen LogP contribution in [0.3, 0.4) is 0 Å². The Bertz CT molecular complexity index is 1820. The van der Waals surface area contributed by atoms with Gasteiger partial charge in [0.25, 0.3) is 0 Å². The molecule has 4 aliphatic rings. The molecule has 4 unspecified atom stereocenters. The first-order chi connectivity index (χ1) is 24.7. The first-order valence-electron chi connectivity index (χ1n) is 19.4. The standard InChI is InChI=1S/C47H55NO3/c1-34-12-11-26-46(2)44(23-27-47(46,51)33-48-28-24-36(25-29-48)30-35-13-5-3-6-14-35)41-22-20-37(31-39(49)21-19-34)32-43(41)45(50)42-18-10-9-17-40(42)38-15-7-4-8-16-38/h3-10,12-18,20,22,32,36,39,44,49,51H,11,19,21,23-31,33H2,1-2H3. The Morgan fingerprint density at radius 2 is 1.53 bits per heavy atom. The topological polar surface area (TPSA) is 60.8 Å². The van der Waals surface area contributed by atoms with Gasteiger partial charge in [0.2, 0.25) is 0 Å². The van der Waals surface area contributed by atoms with Crippen LogP contribution in [0.5, 0.6) is 0 Å². The van der Waals surface area contributed by atoms with Crippen molar-refractivity contribution in [1.29, 1.82) is 0 Å². The summed E-state index contributed by atoms with van der Waals surface area (Å²) in [6.45, 7) is 7.18. The molecule has 2 bridgehead atoms. The molecular formula is C47H55NO3. The van der Waals surface area contributed by atoms with Gasteiger partial charge in [-0.1, -0.05) is 116 Å². The van der Waals surface area contributed by atoms with Gasteiger partial charge >= 0.3 is 0 Å². The summed E-state index contributed by atoms with van der Waals surface area (Å²) in [4.78, 5) is 17.4. The van der Waals surface area contributed by atoms with E-state index in [1.807, 2.05) is 42.5 Å². The number of hydrogen-bond acceptors (Lipinski definition) is 4. The Balaban J connectivity index is 1.22. The molecule has 3 aliphatic carbocycles. The molecule has 1 heterocycles. The van der Waals surface area contributed by atoms with E-state index in [1.54, 1.807) is 0 Å². The van der Waals surface area contributed by atoms with E-state index in [0.29, 0.717) is 36.4 Å². The second kappa shape index (κ2) is 15.4. The van der Waals surface area contributed by atoms with Crippen molar-refractivity contribution >= 4 is 5.78 Å². The number of ketones is 1. The molecule has 1 saturated heterocycles. The van der Waals surface area contributed by atoms with Crippen LogP contribution in [-0.4, -0.2) is 52.2 Å². The normalized spacial score (nSPS) is 26.3. The van der Waals surface area contributed by atoms with Crippen molar-refractivity contribution in [1.82, 2.24) is 4.90 Å². The Labute approximate surface area is 305 Å². The molecule has 2 N–H and O–H groups in total. The number of β-amino-alcohol motifs (C(OH)–C–C–N with tert-alkyl or cyclic N) is 1. The zero-order valence-electron chi connectivity index (χ0n) is 30.6. The highest BCUT2D eigenvalue weighted by Crippen LogP contribution is 2.59. The molecule has 4 aromatic rings. The van der Waals surface area contributed by atoms with Crippen LogP contribution >= 0.6 is 0 Å². The molecular weight excluding hydrogens is 627 g/mol. The number of carbonyl (C=O) groups excluding carboxylic acids is 1. The van der Waals surface area contributed by atoms with Crippen LogP contribution in [0.1, 0.15) is 104 Å². The number of nitrogens with zero attached hydrogens (tertiary/aromatic N) is 1. The Morgan fingerprint density at radius 3 is 2.29 bits per heavy atom. The highest BCUT2D eigenvalue weighted by molar-refractivity contribution is 6.13. The van der Waals surface area contributed by atoms with Crippen LogP contribution in [-0.2, 0) is 12.8 Å². The number of piperidine rings is 1. The number of fused-ring (bicyclic) bond motifs is 8. The summed E-state index contributed by atoms with van der Waals surface area (Å²) in [5, 5.41) is 24.0. The minimum atomic E-state index is -0.875. The molecule has 4 nitrogen and oxygen atoms in total. The minimum absolute atomic E-state index is 0.0157. The van der Waals surface area contributed by atoms with E-state index in [-0.39, 0.29) is 11.7 Å². The molecule has 51 heavy (non-hydrogen) atoms. The Kier molecular flexibility index (Phi) is 10.8. The summed E-state index contributed by atoms with van der Waals surface area (Å²) in [5.74, 6) is 0.718. The van der Waals surface area contributed by atoms with Gasteiger partial charge in [0.1, 0.15) is 0 Å². The maximum atomic E-state index is 14.9. The fourth-order valence-corrected chi connectivity index (χ4v) is 9.56. The van der Waals surface area contributed by atoms with Crippen LogP contribution in [0.4, 0.5) is 0 Å². The van der Waals surface area contributed by atoms with E-state index in [1.165, 1.54) is 11.1 Å². The summed E-state index contributed by atoms with van der Waals surface area (Å²) in [6.07, 6.45) is 10.6. The lowest BCUT2D eigenvalue weighted by Gasteiger charge is -2.47. The van der Waals surface area contributed by atoms with Crippen LogP contribution in [0, 0.1) is 11.3 Å². The van der Waals surface area contributed by atoms with E-state index >= 15 is 0 Å². The van der Waals surface area contributed by atoms with Crippen LogP contribution in [0.25, 0.3) is 11.1 Å². The van der Waals surface area contributed by atoms with E-state index in [9.17, 15) is 15.0 Å². The third kappa shape index (κ3) is 7.70. The number of carbonyl (C=O) groups is 1. The monoisotopic (exact) mass is 681 g/mol. The van der Waals surface area contributed by atoms with Crippen molar-refractivity contribution < 1.29 is 15.0 Å². The fourth-order valence-electron chi connectivity index (χ4n) is 9.56. The molecule has 0 radical (unpaired) electrons. The van der Waals surface area contributed by atoms with Gasteiger partial charge in [0.05, 0.1) is 11.7 Å². The molecule has 2 fully saturated rings. The third-order valence-corrected chi connectivity index (χ3v) is 12.7. The number of aliphatic hydroxyl groups excluding tert-OH is 1. The van der Waals surface area contributed by atoms with Crippen molar-refractivity contribution in [3.05, 3.63) is 143 Å². The number of rotatable bonds is 7. The van der Waals surface area contributed by atoms with Gasteiger partial charge in [-0.15, -0.1) is 0 Å². The van der Waals surface area contributed by atoms with Gasteiger partial charge in [-0.25, -0.2) is 0 Å². The van der Waals surface area contributed by atoms with E-state index in [4.69, 9.17) is 0 Å². The quantitative estimate of drug-likeness (QED) is 0.151. The number of likely N-dealkylation sites (tertiary alicyclic amines) is 1. The molecule has 266 valence electrons. The second-order valence-corrected chi connectivity index (χ2v) is 16.1. The Hall–Kier alpha value is -3.83. The molecule has 4 aromatic carbocycles. The first-order valence-corrected chi connectivity index (χ1v) is 19.4. The minimum Gasteiger partial charge on any atom is -0.393 e. The molecule has 0 aromatic heterocycles. The average molecular weight is 682 g/mol. The highest BCUT2D eigenvalue weighted by Gasteiger charge is 2.57. The highest BCUT2D eigenvalue weighted by atomic mass is 16.3. The van der Waals surface area contributed by atoms with Gasteiger partial charge in [0, 0.05) is 23.1 Å². The molecule has 4 heteroatoms. The van der Waals surface area contributed by atoms with Crippen molar-refractivity contribution in [3.8, 4) is 11.1 Å². The van der Waals surface area contributed by atoms with E-state index in [0.717, 1.165) is 86.7 Å². The molecule has 8 rings (SSSR count). The zero-order valence-corrected chi connectivity index (χ0v) is 30.6. The lowest BCUT2D eigenvalue weighted by atomic mass is 9.64. The number of hydrogen-bond donors (Lipinski definition) is 2. The fraction of sp³-hybridized carbons (Fsp3) is 0.426. The summed E-state index contributed by atoms with van der Waals surface area (Å²) < 4.78 is 0. The van der Waals surface area contributed by atoms with E-state index in [2.05, 4.69) is 85.5 Å². The Morgan fingerprint density at radius 1 is 0.824 bits per heavy atom.